The zero-order valence-corrected chi connectivity index (χ0v) is 18.7. The third kappa shape index (κ3) is 4.12. The Hall–Kier alpha value is -3.56. The molecule has 0 aliphatic rings. The average Bonchev–Trinajstić information content (AvgIpc) is 3.37. The Morgan fingerprint density at radius 3 is 2.50 bits per heavy atom. The Labute approximate surface area is 192 Å². The van der Waals surface area contributed by atoms with Gasteiger partial charge in [-0.3, -0.25) is 14.9 Å². The maximum absolute atomic E-state index is 13.0. The molecular weight excluding hydrogens is 454 g/mol. The number of methoxy groups -OCH3 is 2. The van der Waals surface area contributed by atoms with Gasteiger partial charge >= 0.3 is 5.97 Å². The number of hydrogen-bond donors (Lipinski definition) is 2. The number of anilines is 1. The van der Waals surface area contributed by atoms with Crippen LogP contribution in [-0.4, -0.2) is 40.8 Å². The van der Waals surface area contributed by atoms with Crippen molar-refractivity contribution in [1.29, 1.82) is 0 Å². The fourth-order valence-electron chi connectivity index (χ4n) is 3.44. The van der Waals surface area contributed by atoms with E-state index in [9.17, 15) is 14.7 Å². The lowest BCUT2D eigenvalue weighted by Crippen LogP contribution is -2.19. The topological polar surface area (TPSA) is 103 Å². The predicted octanol–water partition coefficient (Wildman–Crippen LogP) is 4.77. The molecule has 2 heterocycles. The van der Waals surface area contributed by atoms with Gasteiger partial charge < -0.3 is 19.1 Å². The molecule has 0 aliphatic heterocycles. The number of rotatable bonds is 7. The van der Waals surface area contributed by atoms with E-state index in [1.165, 1.54) is 30.1 Å². The minimum absolute atomic E-state index is 0.229. The summed E-state index contributed by atoms with van der Waals surface area (Å²) in [6.07, 6.45) is 0. The number of thiazole rings is 1. The van der Waals surface area contributed by atoms with E-state index < -0.39 is 11.9 Å². The Morgan fingerprint density at radius 2 is 1.84 bits per heavy atom. The molecule has 4 rings (SSSR count). The van der Waals surface area contributed by atoms with Gasteiger partial charge in [-0.2, -0.15) is 0 Å². The monoisotopic (exact) mass is 471 g/mol. The molecule has 2 aromatic heterocycles. The van der Waals surface area contributed by atoms with E-state index >= 15 is 0 Å². The van der Waals surface area contributed by atoms with Gasteiger partial charge in [0.25, 0.3) is 5.91 Å². The summed E-state index contributed by atoms with van der Waals surface area (Å²) < 4.78 is 12.3. The highest BCUT2D eigenvalue weighted by Gasteiger charge is 2.21. The van der Waals surface area contributed by atoms with E-state index in [-0.39, 0.29) is 12.2 Å². The molecule has 0 radical (unpaired) electrons. The fourth-order valence-corrected chi connectivity index (χ4v) is 4.34. The highest BCUT2D eigenvalue weighted by molar-refractivity contribution is 7.14. The molecule has 32 heavy (non-hydrogen) atoms. The van der Waals surface area contributed by atoms with Gasteiger partial charge in [-0.25, -0.2) is 4.98 Å². The number of fused-ring (bicyclic) bond motifs is 1. The van der Waals surface area contributed by atoms with Crippen molar-refractivity contribution in [1.82, 2.24) is 9.55 Å². The number of carbonyl (C=O) groups excluding carboxylic acids is 1. The predicted molar refractivity (Wildman–Crippen MR) is 123 cm³/mol. The second kappa shape index (κ2) is 8.89. The molecular formula is C22H18ClN3O5S. The number of ether oxygens (including phenoxy) is 2. The first-order valence-corrected chi connectivity index (χ1v) is 10.7. The minimum atomic E-state index is -1.04. The number of nitrogens with zero attached hydrogens (tertiary/aromatic N) is 2. The number of para-hydroxylation sites is 1. The summed E-state index contributed by atoms with van der Waals surface area (Å²) in [7, 11) is 3.04. The summed E-state index contributed by atoms with van der Waals surface area (Å²) in [5.41, 5.74) is 2.04. The largest absolute Gasteiger partial charge is 0.496 e. The molecule has 0 bridgehead atoms. The first-order valence-electron chi connectivity index (χ1n) is 9.40. The van der Waals surface area contributed by atoms with E-state index in [0.717, 1.165) is 5.39 Å². The molecule has 0 atom stereocenters. The van der Waals surface area contributed by atoms with Crippen molar-refractivity contribution >= 4 is 50.8 Å². The van der Waals surface area contributed by atoms with Crippen LogP contribution in [0.25, 0.3) is 22.2 Å². The third-order valence-corrected chi connectivity index (χ3v) is 5.76. The van der Waals surface area contributed by atoms with Crippen LogP contribution in [0.4, 0.5) is 5.13 Å². The summed E-state index contributed by atoms with van der Waals surface area (Å²) in [4.78, 5) is 28.8. The van der Waals surface area contributed by atoms with Crippen LogP contribution in [0.1, 0.15) is 10.5 Å². The van der Waals surface area contributed by atoms with E-state index in [1.54, 1.807) is 35.7 Å². The van der Waals surface area contributed by atoms with Gasteiger partial charge in [-0.05, 0) is 24.3 Å². The summed E-state index contributed by atoms with van der Waals surface area (Å²) in [6, 6.07) is 12.2. The second-order valence-corrected chi connectivity index (χ2v) is 8.04. The van der Waals surface area contributed by atoms with Crippen LogP contribution in [0.2, 0.25) is 5.02 Å². The minimum Gasteiger partial charge on any atom is -0.496 e. The van der Waals surface area contributed by atoms with E-state index in [4.69, 9.17) is 21.1 Å². The van der Waals surface area contributed by atoms with Crippen LogP contribution >= 0.6 is 22.9 Å². The van der Waals surface area contributed by atoms with Gasteiger partial charge in [0.1, 0.15) is 23.7 Å². The van der Waals surface area contributed by atoms with Crippen molar-refractivity contribution in [2.75, 3.05) is 19.5 Å². The maximum atomic E-state index is 13.0. The number of carbonyl (C=O) groups is 2. The Bertz CT molecular complexity index is 1310. The number of aromatic nitrogens is 2. The second-order valence-electron chi connectivity index (χ2n) is 6.75. The molecule has 164 valence electrons. The molecule has 4 aromatic rings. The standard InChI is InChI=1S/C22H18ClN3O5S/c1-30-17-8-13(23)9-18(31-2)20(17)14-11-32-22(24-14)25-21(29)16-7-12-5-3-4-6-15(12)26(16)10-19(27)28/h3-9,11H,10H2,1-2H3,(H,27,28)(H,24,25,29). The van der Waals surface area contributed by atoms with Gasteiger partial charge in [0.15, 0.2) is 5.13 Å². The lowest BCUT2D eigenvalue weighted by atomic mass is 10.1. The summed E-state index contributed by atoms with van der Waals surface area (Å²) in [5, 5.41) is 15.4. The zero-order chi connectivity index (χ0) is 22.8. The van der Waals surface area contributed by atoms with Crippen molar-refractivity contribution in [2.45, 2.75) is 6.54 Å². The first-order chi connectivity index (χ1) is 15.4. The van der Waals surface area contributed by atoms with Crippen LogP contribution in [0, 0.1) is 0 Å². The number of halogens is 1. The lowest BCUT2D eigenvalue weighted by molar-refractivity contribution is -0.137. The number of hydrogen-bond acceptors (Lipinski definition) is 6. The van der Waals surface area contributed by atoms with Crippen LogP contribution in [0.3, 0.4) is 0 Å². The van der Waals surface area contributed by atoms with E-state index in [1.807, 2.05) is 12.1 Å². The zero-order valence-electron chi connectivity index (χ0n) is 17.1. The number of amides is 1. The third-order valence-electron chi connectivity index (χ3n) is 4.79. The Kier molecular flexibility index (Phi) is 6.02. The number of aliphatic carboxylic acids is 1. The van der Waals surface area contributed by atoms with Gasteiger partial charge in [-0.15, -0.1) is 11.3 Å². The van der Waals surface area contributed by atoms with Crippen LogP contribution in [-0.2, 0) is 11.3 Å². The Morgan fingerprint density at radius 1 is 1.16 bits per heavy atom. The quantitative estimate of drug-likeness (QED) is 0.402. The molecule has 10 heteroatoms. The smallest absolute Gasteiger partial charge is 0.323 e. The van der Waals surface area contributed by atoms with Gasteiger partial charge in [0.05, 0.1) is 25.5 Å². The first kappa shape index (κ1) is 21.7. The number of benzene rings is 2. The Balaban J connectivity index is 1.67. The van der Waals surface area contributed by atoms with Gasteiger partial charge in [0.2, 0.25) is 0 Å². The van der Waals surface area contributed by atoms with Crippen LogP contribution in [0.15, 0.2) is 47.8 Å². The number of nitrogens with one attached hydrogen (secondary N) is 1. The summed E-state index contributed by atoms with van der Waals surface area (Å²) in [5.74, 6) is -0.532. The van der Waals surface area contributed by atoms with Crippen molar-refractivity contribution in [3.63, 3.8) is 0 Å². The van der Waals surface area contributed by atoms with Gasteiger partial charge in [-0.1, -0.05) is 29.8 Å². The number of carboxylic acid groups (broad SMARTS) is 1. The fraction of sp³-hybridized carbons (Fsp3) is 0.136. The lowest BCUT2D eigenvalue weighted by Gasteiger charge is -2.12. The molecule has 0 saturated carbocycles. The van der Waals surface area contributed by atoms with Crippen LogP contribution in [0.5, 0.6) is 11.5 Å². The molecule has 0 fully saturated rings. The molecule has 0 spiro atoms. The summed E-state index contributed by atoms with van der Waals surface area (Å²) in [6.45, 7) is -0.335. The number of carboxylic acids is 1. The van der Waals surface area contributed by atoms with Crippen molar-refractivity contribution in [2.24, 2.45) is 0 Å². The average molecular weight is 472 g/mol. The molecule has 2 aromatic carbocycles. The van der Waals surface area contributed by atoms with E-state index in [0.29, 0.717) is 38.4 Å². The molecule has 2 N–H and O–H groups in total. The molecule has 0 aliphatic carbocycles. The molecule has 1 amide bonds. The highest BCUT2D eigenvalue weighted by atomic mass is 35.5. The maximum Gasteiger partial charge on any atom is 0.323 e. The van der Waals surface area contributed by atoms with Crippen molar-refractivity contribution in [3.05, 3.63) is 58.6 Å². The summed E-state index contributed by atoms with van der Waals surface area (Å²) >= 11 is 7.34. The molecule has 8 nitrogen and oxygen atoms in total. The van der Waals surface area contributed by atoms with Gasteiger partial charge in [0, 0.05) is 21.3 Å². The molecule has 0 saturated heterocycles. The van der Waals surface area contributed by atoms with Crippen molar-refractivity contribution in [3.8, 4) is 22.8 Å². The highest BCUT2D eigenvalue weighted by Crippen LogP contribution is 2.41. The SMILES string of the molecule is COc1cc(Cl)cc(OC)c1-c1csc(NC(=O)c2cc3ccccc3n2CC(=O)O)n1. The normalized spacial score (nSPS) is 10.8. The van der Waals surface area contributed by atoms with Crippen molar-refractivity contribution < 1.29 is 24.2 Å². The molecule has 0 unspecified atom stereocenters. The van der Waals surface area contributed by atoms with Crippen LogP contribution < -0.4 is 14.8 Å². The van der Waals surface area contributed by atoms with E-state index in [2.05, 4.69) is 10.3 Å².